The van der Waals surface area contributed by atoms with Crippen LogP contribution in [0, 0.1) is 34.5 Å². The van der Waals surface area contributed by atoms with Gasteiger partial charge in [0.15, 0.2) is 0 Å². The zero-order valence-corrected chi connectivity index (χ0v) is 15.2. The Bertz CT molecular complexity index is 732. The Labute approximate surface area is 152 Å². The van der Waals surface area contributed by atoms with Gasteiger partial charge in [-0.25, -0.2) is 0 Å². The first kappa shape index (κ1) is 16.8. The van der Waals surface area contributed by atoms with Crippen molar-refractivity contribution in [3.63, 3.8) is 0 Å². The van der Waals surface area contributed by atoms with Crippen molar-refractivity contribution in [3.8, 4) is 0 Å². The van der Waals surface area contributed by atoms with E-state index in [2.05, 4.69) is 6.58 Å². The highest BCUT2D eigenvalue weighted by Gasteiger charge is 2.84. The molecule has 9 atom stereocenters. The van der Waals surface area contributed by atoms with Crippen LogP contribution in [0.3, 0.4) is 0 Å². The summed E-state index contributed by atoms with van der Waals surface area (Å²) >= 11 is 0. The Balaban J connectivity index is 1.76. The van der Waals surface area contributed by atoms with E-state index in [-0.39, 0.29) is 23.7 Å². The van der Waals surface area contributed by atoms with Gasteiger partial charge in [-0.2, -0.15) is 0 Å². The first-order chi connectivity index (χ1) is 12.2. The van der Waals surface area contributed by atoms with E-state index < -0.39 is 41.0 Å². The van der Waals surface area contributed by atoms with Gasteiger partial charge in [0.25, 0.3) is 0 Å². The molecule has 4 bridgehead atoms. The SMILES string of the molecule is C=C1C[C@]23C[C@H]1CC[C@H]2[C@@]12C[C@H](O)[C@H](O)[C@](C)(C(=O)O1)[C@H]2[C@@H]3C(=O)OC. The van der Waals surface area contributed by atoms with Crippen LogP contribution < -0.4 is 0 Å². The number of rotatable bonds is 1. The molecule has 0 amide bonds. The Morgan fingerprint density at radius 2 is 2.04 bits per heavy atom. The molecule has 4 saturated carbocycles. The second kappa shape index (κ2) is 4.71. The van der Waals surface area contributed by atoms with Gasteiger partial charge in [0.05, 0.1) is 25.2 Å². The summed E-state index contributed by atoms with van der Waals surface area (Å²) in [6, 6.07) is 0. The second-order valence-electron chi connectivity index (χ2n) is 9.42. The maximum atomic E-state index is 13.0. The summed E-state index contributed by atoms with van der Waals surface area (Å²) in [5.74, 6) is -1.42. The zero-order chi connectivity index (χ0) is 18.6. The van der Waals surface area contributed by atoms with E-state index in [1.54, 1.807) is 6.92 Å². The number of carbonyl (C=O) groups is 2. The maximum Gasteiger partial charge on any atom is 0.315 e. The van der Waals surface area contributed by atoms with Crippen molar-refractivity contribution in [1.82, 2.24) is 0 Å². The lowest BCUT2D eigenvalue weighted by atomic mass is 9.58. The van der Waals surface area contributed by atoms with Crippen molar-refractivity contribution < 1.29 is 29.3 Å². The van der Waals surface area contributed by atoms with Crippen molar-refractivity contribution in [1.29, 1.82) is 0 Å². The number of fused-ring (bicyclic) bond motifs is 1. The monoisotopic (exact) mass is 362 g/mol. The fourth-order valence-corrected chi connectivity index (χ4v) is 7.83. The number of allylic oxidation sites excluding steroid dienone is 1. The van der Waals surface area contributed by atoms with Crippen molar-refractivity contribution in [2.24, 2.45) is 34.5 Å². The molecule has 5 rings (SSSR count). The average molecular weight is 362 g/mol. The number of carbonyl (C=O) groups excluding carboxylic acids is 2. The van der Waals surface area contributed by atoms with Crippen molar-refractivity contribution in [3.05, 3.63) is 12.2 Å². The summed E-state index contributed by atoms with van der Waals surface area (Å²) in [6.45, 7) is 5.91. The van der Waals surface area contributed by atoms with Crippen LogP contribution in [-0.4, -0.2) is 47.1 Å². The normalized spacial score (nSPS) is 56.8. The van der Waals surface area contributed by atoms with E-state index >= 15 is 0 Å². The van der Waals surface area contributed by atoms with Gasteiger partial charge in [-0.15, -0.1) is 0 Å². The van der Waals surface area contributed by atoms with Crippen LogP contribution in [0.4, 0.5) is 0 Å². The molecule has 1 heterocycles. The minimum Gasteiger partial charge on any atom is -0.469 e. The Morgan fingerprint density at radius 3 is 2.73 bits per heavy atom. The lowest BCUT2D eigenvalue weighted by molar-refractivity contribution is -0.165. The van der Waals surface area contributed by atoms with Gasteiger partial charge >= 0.3 is 11.9 Å². The van der Waals surface area contributed by atoms with Crippen LogP contribution in [0.5, 0.6) is 0 Å². The number of aliphatic hydroxyl groups excluding tert-OH is 2. The number of hydrogen-bond donors (Lipinski definition) is 2. The molecule has 0 aromatic rings. The van der Waals surface area contributed by atoms with E-state index in [1.807, 2.05) is 0 Å². The number of esters is 2. The zero-order valence-electron chi connectivity index (χ0n) is 15.2. The van der Waals surface area contributed by atoms with E-state index in [0.717, 1.165) is 25.7 Å². The molecule has 4 aliphatic carbocycles. The van der Waals surface area contributed by atoms with Gasteiger partial charge in [0.1, 0.15) is 11.0 Å². The molecule has 6 nitrogen and oxygen atoms in total. The second-order valence-corrected chi connectivity index (χ2v) is 9.42. The lowest BCUT2D eigenvalue weighted by Gasteiger charge is -2.46. The number of methoxy groups -OCH3 is 1. The van der Waals surface area contributed by atoms with Crippen LogP contribution in [0.15, 0.2) is 12.2 Å². The molecular formula is C20H26O6. The van der Waals surface area contributed by atoms with E-state index in [9.17, 15) is 19.8 Å². The predicted octanol–water partition coefficient (Wildman–Crippen LogP) is 1.20. The Morgan fingerprint density at radius 1 is 1.31 bits per heavy atom. The molecule has 1 aliphatic heterocycles. The van der Waals surface area contributed by atoms with Gasteiger partial charge in [-0.1, -0.05) is 12.2 Å². The quantitative estimate of drug-likeness (QED) is 0.538. The summed E-state index contributed by atoms with van der Waals surface area (Å²) in [5, 5.41) is 21.3. The topological polar surface area (TPSA) is 93.1 Å². The van der Waals surface area contributed by atoms with Crippen molar-refractivity contribution in [2.45, 2.75) is 56.8 Å². The smallest absolute Gasteiger partial charge is 0.315 e. The fourth-order valence-electron chi connectivity index (χ4n) is 7.83. The highest BCUT2D eigenvalue weighted by Crippen LogP contribution is 2.77. The Kier molecular flexibility index (Phi) is 3.03. The summed E-state index contributed by atoms with van der Waals surface area (Å²) in [7, 11) is 1.38. The predicted molar refractivity (Wildman–Crippen MR) is 89.6 cm³/mol. The molecular weight excluding hydrogens is 336 g/mol. The summed E-state index contributed by atoms with van der Waals surface area (Å²) in [6.07, 6.45) is 1.34. The van der Waals surface area contributed by atoms with Gasteiger partial charge in [0.2, 0.25) is 0 Å². The third-order valence-corrected chi connectivity index (χ3v) is 8.66. The molecule has 1 saturated heterocycles. The highest BCUT2D eigenvalue weighted by molar-refractivity contribution is 5.86. The molecule has 5 fully saturated rings. The largest absolute Gasteiger partial charge is 0.469 e. The van der Waals surface area contributed by atoms with Crippen LogP contribution in [0.2, 0.25) is 0 Å². The van der Waals surface area contributed by atoms with Crippen molar-refractivity contribution >= 4 is 11.9 Å². The standard InChI is InChI=1S/C20H26O6/c1-9-6-19-7-10(9)4-5-12(19)20-8-11(21)15(22)18(2,17(24)26-20)14(20)13(19)16(23)25-3/h10-15,21-22H,1,4-8H2,2-3H3/t10-,11+,12-,13-,14-,15+,18-,19+,20-/m1/s1. The van der Waals surface area contributed by atoms with Crippen LogP contribution in [0.1, 0.15) is 39.0 Å². The lowest BCUT2D eigenvalue weighted by Crippen LogP contribution is -2.59. The minimum atomic E-state index is -1.29. The summed E-state index contributed by atoms with van der Waals surface area (Å²) in [5.41, 5.74) is -1.35. The van der Waals surface area contributed by atoms with Gasteiger partial charge < -0.3 is 19.7 Å². The molecule has 0 aromatic carbocycles. The molecule has 0 radical (unpaired) electrons. The molecule has 6 heteroatoms. The average Bonchev–Trinajstić information content (AvgIpc) is 3.06. The highest BCUT2D eigenvalue weighted by atomic mass is 16.6. The summed E-state index contributed by atoms with van der Waals surface area (Å²) < 4.78 is 11.2. The first-order valence-corrected chi connectivity index (χ1v) is 9.57. The van der Waals surface area contributed by atoms with E-state index in [0.29, 0.717) is 5.92 Å². The maximum absolute atomic E-state index is 13.0. The first-order valence-electron chi connectivity index (χ1n) is 9.57. The molecule has 142 valence electrons. The fraction of sp³-hybridized carbons (Fsp3) is 0.800. The van der Waals surface area contributed by atoms with Crippen LogP contribution in [-0.2, 0) is 19.1 Å². The van der Waals surface area contributed by atoms with E-state index in [1.165, 1.54) is 12.7 Å². The van der Waals surface area contributed by atoms with E-state index in [4.69, 9.17) is 9.47 Å². The third-order valence-electron chi connectivity index (χ3n) is 8.66. The van der Waals surface area contributed by atoms with Gasteiger partial charge in [0, 0.05) is 18.3 Å². The molecule has 2 N–H and O–H groups in total. The van der Waals surface area contributed by atoms with Gasteiger partial charge in [-0.3, -0.25) is 9.59 Å². The van der Waals surface area contributed by atoms with Crippen LogP contribution in [0.25, 0.3) is 0 Å². The number of aliphatic hydroxyl groups is 2. The molecule has 5 aliphatic rings. The number of ether oxygens (including phenoxy) is 2. The molecule has 26 heavy (non-hydrogen) atoms. The van der Waals surface area contributed by atoms with Gasteiger partial charge in [-0.05, 0) is 43.9 Å². The Hall–Kier alpha value is -1.40. The molecule has 0 aromatic heterocycles. The van der Waals surface area contributed by atoms with Crippen LogP contribution >= 0.6 is 0 Å². The minimum absolute atomic E-state index is 0.00692. The summed E-state index contributed by atoms with van der Waals surface area (Å²) in [4.78, 5) is 25.9. The van der Waals surface area contributed by atoms with Crippen molar-refractivity contribution in [2.75, 3.05) is 7.11 Å². The number of hydrogen-bond acceptors (Lipinski definition) is 6. The molecule has 0 unspecified atom stereocenters. The third kappa shape index (κ3) is 1.51. The molecule has 1 spiro atoms.